The van der Waals surface area contributed by atoms with Crippen LogP contribution in [0.25, 0.3) is 0 Å². The summed E-state index contributed by atoms with van der Waals surface area (Å²) in [4.78, 5) is 14.5. The summed E-state index contributed by atoms with van der Waals surface area (Å²) in [5.41, 5.74) is 0.871. The number of amides is 1. The number of carbonyl (C=O) groups excluding carboxylic acids is 1. The fourth-order valence-electron chi connectivity index (χ4n) is 3.97. The van der Waals surface area contributed by atoms with Gasteiger partial charge in [0.1, 0.15) is 11.9 Å². The van der Waals surface area contributed by atoms with E-state index in [1.54, 1.807) is 7.11 Å². The third-order valence-corrected chi connectivity index (χ3v) is 5.32. The van der Waals surface area contributed by atoms with Crippen molar-refractivity contribution in [3.63, 3.8) is 0 Å². The Hall–Kier alpha value is -1.97. The number of ether oxygens (including phenoxy) is 2. The van der Waals surface area contributed by atoms with Crippen LogP contribution in [0.3, 0.4) is 0 Å². The molecule has 136 valence electrons. The fraction of sp³-hybridized carbons (Fsp3) is 0.571. The van der Waals surface area contributed by atoms with Gasteiger partial charge in [-0.2, -0.15) is 0 Å². The first kappa shape index (κ1) is 17.8. The number of anilines is 1. The van der Waals surface area contributed by atoms with Crippen LogP contribution >= 0.6 is 0 Å². The molecular formula is C21H29NO3. The summed E-state index contributed by atoms with van der Waals surface area (Å²) < 4.78 is 11.1. The fourth-order valence-corrected chi connectivity index (χ4v) is 3.97. The maximum absolute atomic E-state index is 12.7. The number of benzene rings is 1. The Labute approximate surface area is 150 Å². The van der Waals surface area contributed by atoms with Crippen molar-refractivity contribution in [2.45, 2.75) is 64.0 Å². The number of nitrogens with zero attached hydrogens (tertiary/aromatic N) is 1. The molecule has 1 aliphatic heterocycles. The van der Waals surface area contributed by atoms with Crippen LogP contribution in [-0.4, -0.2) is 25.3 Å². The van der Waals surface area contributed by atoms with Gasteiger partial charge in [-0.1, -0.05) is 44.8 Å². The highest BCUT2D eigenvalue weighted by Gasteiger charge is 2.45. The number of hydrogen-bond acceptors (Lipinski definition) is 3. The van der Waals surface area contributed by atoms with Crippen LogP contribution in [0.1, 0.15) is 51.9 Å². The number of hydrogen-bond donors (Lipinski definition) is 0. The van der Waals surface area contributed by atoms with Gasteiger partial charge in [0.2, 0.25) is 0 Å². The largest absolute Gasteiger partial charge is 0.497 e. The monoisotopic (exact) mass is 343 g/mol. The lowest BCUT2D eigenvalue weighted by atomic mass is 9.82. The number of methoxy groups -OCH3 is 1. The van der Waals surface area contributed by atoms with Crippen LogP contribution in [0.2, 0.25) is 0 Å². The molecule has 0 unspecified atom stereocenters. The molecule has 1 aliphatic carbocycles. The zero-order valence-electron chi connectivity index (χ0n) is 15.3. The molecule has 1 amide bonds. The minimum absolute atomic E-state index is 0.0180. The van der Waals surface area contributed by atoms with Crippen molar-refractivity contribution >= 4 is 11.8 Å². The molecule has 1 aromatic rings. The minimum atomic E-state index is -0.230. The maximum Gasteiger partial charge on any atom is 0.415 e. The van der Waals surface area contributed by atoms with Gasteiger partial charge in [0, 0.05) is 5.69 Å². The van der Waals surface area contributed by atoms with Crippen molar-refractivity contribution in [2.24, 2.45) is 5.92 Å². The molecule has 3 rings (SSSR count). The van der Waals surface area contributed by atoms with Gasteiger partial charge in [-0.15, -0.1) is 0 Å². The third kappa shape index (κ3) is 4.00. The second kappa shape index (κ2) is 8.41. The van der Waals surface area contributed by atoms with Crippen LogP contribution in [-0.2, 0) is 4.74 Å². The highest BCUT2D eigenvalue weighted by Crippen LogP contribution is 2.37. The topological polar surface area (TPSA) is 38.8 Å². The summed E-state index contributed by atoms with van der Waals surface area (Å²) in [6.07, 6.45) is 12.3. The van der Waals surface area contributed by atoms with E-state index in [1.807, 2.05) is 29.2 Å². The van der Waals surface area contributed by atoms with Gasteiger partial charge in [0.15, 0.2) is 0 Å². The van der Waals surface area contributed by atoms with Crippen molar-refractivity contribution in [2.75, 3.05) is 12.0 Å². The van der Waals surface area contributed by atoms with Gasteiger partial charge < -0.3 is 9.47 Å². The third-order valence-electron chi connectivity index (χ3n) is 5.32. The van der Waals surface area contributed by atoms with E-state index in [-0.39, 0.29) is 18.2 Å². The van der Waals surface area contributed by atoms with E-state index in [4.69, 9.17) is 9.47 Å². The molecule has 1 saturated carbocycles. The molecule has 0 N–H and O–H groups in total. The van der Waals surface area contributed by atoms with Crippen molar-refractivity contribution in [3.8, 4) is 5.75 Å². The Morgan fingerprint density at radius 2 is 1.92 bits per heavy atom. The van der Waals surface area contributed by atoms with Crippen molar-refractivity contribution in [1.82, 2.24) is 0 Å². The summed E-state index contributed by atoms with van der Waals surface area (Å²) in [6, 6.07) is 7.64. The maximum atomic E-state index is 12.7. The number of unbranched alkanes of at least 4 members (excludes halogenated alkanes) is 1. The van der Waals surface area contributed by atoms with E-state index in [0.29, 0.717) is 5.92 Å². The van der Waals surface area contributed by atoms with Crippen LogP contribution < -0.4 is 9.64 Å². The van der Waals surface area contributed by atoms with Crippen LogP contribution in [0.4, 0.5) is 10.5 Å². The summed E-state index contributed by atoms with van der Waals surface area (Å²) >= 11 is 0. The average molecular weight is 343 g/mol. The molecule has 1 saturated heterocycles. The molecule has 0 bridgehead atoms. The van der Waals surface area contributed by atoms with Crippen LogP contribution in [0.15, 0.2) is 36.4 Å². The summed E-state index contributed by atoms with van der Waals surface area (Å²) in [6.45, 7) is 2.17. The molecule has 4 nitrogen and oxygen atoms in total. The van der Waals surface area contributed by atoms with Crippen molar-refractivity contribution < 1.29 is 14.3 Å². The summed E-state index contributed by atoms with van der Waals surface area (Å²) in [7, 11) is 1.65. The van der Waals surface area contributed by atoms with Crippen LogP contribution in [0.5, 0.6) is 5.75 Å². The first-order valence-corrected chi connectivity index (χ1v) is 9.55. The molecule has 2 atom stereocenters. The minimum Gasteiger partial charge on any atom is -0.497 e. The molecule has 0 spiro atoms. The summed E-state index contributed by atoms with van der Waals surface area (Å²) in [5.74, 6) is 1.26. The Bertz CT molecular complexity index is 590. The molecule has 0 radical (unpaired) electrons. The molecule has 1 aromatic carbocycles. The van der Waals surface area contributed by atoms with Gasteiger partial charge in [-0.25, -0.2) is 4.79 Å². The van der Waals surface area contributed by atoms with E-state index in [9.17, 15) is 4.79 Å². The molecule has 2 fully saturated rings. The number of allylic oxidation sites excluding steroid dienone is 1. The van der Waals surface area contributed by atoms with Gasteiger partial charge in [-0.05, 0) is 49.4 Å². The van der Waals surface area contributed by atoms with Crippen molar-refractivity contribution in [3.05, 3.63) is 36.4 Å². The van der Waals surface area contributed by atoms with Gasteiger partial charge in [-0.3, -0.25) is 4.90 Å². The van der Waals surface area contributed by atoms with E-state index >= 15 is 0 Å². The number of rotatable bonds is 6. The van der Waals surface area contributed by atoms with Gasteiger partial charge >= 0.3 is 6.09 Å². The lowest BCUT2D eigenvalue weighted by molar-refractivity contribution is 0.0803. The predicted octanol–water partition coefficient (Wildman–Crippen LogP) is 5.33. The standard InChI is InChI=1S/C21H29NO3/c1-3-4-6-11-19-20(16-9-7-5-8-10-16)25-21(23)22(19)17-12-14-18(24-2)15-13-17/h6,11-16,19-20H,3-5,7-10H2,1-2H3/b11-6+/t19-,20-/m1/s1. The first-order valence-electron chi connectivity index (χ1n) is 9.55. The Morgan fingerprint density at radius 3 is 2.56 bits per heavy atom. The van der Waals surface area contributed by atoms with Crippen molar-refractivity contribution in [1.29, 1.82) is 0 Å². The first-order chi connectivity index (χ1) is 12.2. The lowest BCUT2D eigenvalue weighted by Gasteiger charge is -2.30. The predicted molar refractivity (Wildman–Crippen MR) is 100 cm³/mol. The molecule has 2 aliphatic rings. The Kier molecular flexibility index (Phi) is 6.00. The van der Waals surface area contributed by atoms with E-state index in [1.165, 1.54) is 19.3 Å². The average Bonchev–Trinajstić information content (AvgIpc) is 2.99. The summed E-state index contributed by atoms with van der Waals surface area (Å²) in [5, 5.41) is 0. The van der Waals surface area contributed by atoms with Gasteiger partial charge in [0.05, 0.1) is 13.2 Å². The Balaban J connectivity index is 1.86. The molecule has 0 aromatic heterocycles. The Morgan fingerprint density at radius 1 is 1.20 bits per heavy atom. The van der Waals surface area contributed by atoms with Gasteiger partial charge in [0.25, 0.3) is 0 Å². The smallest absolute Gasteiger partial charge is 0.415 e. The number of cyclic esters (lactones) is 1. The molecular weight excluding hydrogens is 314 g/mol. The normalized spacial score (nSPS) is 24.7. The highest BCUT2D eigenvalue weighted by atomic mass is 16.6. The molecule has 4 heteroatoms. The van der Waals surface area contributed by atoms with E-state index in [2.05, 4.69) is 19.1 Å². The SMILES string of the molecule is CCC/C=C/[C@@H]1[C@@H](C2CCCCC2)OC(=O)N1c1ccc(OC)cc1. The van der Waals surface area contributed by atoms with E-state index < -0.39 is 0 Å². The molecule has 1 heterocycles. The van der Waals surface area contributed by atoms with E-state index in [0.717, 1.165) is 37.1 Å². The second-order valence-corrected chi connectivity index (χ2v) is 7.02. The van der Waals surface area contributed by atoms with Crippen LogP contribution in [0, 0.1) is 5.92 Å². The zero-order chi connectivity index (χ0) is 17.6. The lowest BCUT2D eigenvalue weighted by Crippen LogP contribution is -2.38. The molecule has 25 heavy (non-hydrogen) atoms. The number of carbonyl (C=O) groups is 1. The quantitative estimate of drug-likeness (QED) is 0.656. The highest BCUT2D eigenvalue weighted by molar-refractivity contribution is 5.91. The second-order valence-electron chi connectivity index (χ2n) is 7.02. The zero-order valence-corrected chi connectivity index (χ0v) is 15.3.